The monoisotopic (exact) mass is 343 g/mol. The molecular formula is C19H25N3O3. The van der Waals surface area contributed by atoms with Crippen LogP contribution in [0.15, 0.2) is 22.8 Å². The Kier molecular flexibility index (Phi) is 3.85. The van der Waals surface area contributed by atoms with Crippen molar-refractivity contribution in [3.8, 4) is 0 Å². The standard InChI is InChI=1S/C19H25N3O3/c1-19(18(24)20-13-7-5-3-4-6-8-13)12-22-14-9-10-25-16(14)11-15(22)17(23)21(19)2/h9-11,13H,3-8,12H2,1-2H3,(H,20,24). The fourth-order valence-electron chi connectivity index (χ4n) is 4.12. The molecule has 0 spiro atoms. The first-order valence-corrected chi connectivity index (χ1v) is 9.16. The molecule has 1 N–H and O–H groups in total. The van der Waals surface area contributed by atoms with Crippen LogP contribution in [0.2, 0.25) is 0 Å². The largest absolute Gasteiger partial charge is 0.463 e. The SMILES string of the molecule is CN1C(=O)c2cc3occc3n2CC1(C)C(=O)NC1CCCCCC1. The molecule has 3 heterocycles. The van der Waals surface area contributed by atoms with E-state index in [-0.39, 0.29) is 17.9 Å². The van der Waals surface area contributed by atoms with E-state index in [1.54, 1.807) is 24.3 Å². The Morgan fingerprint density at radius 1 is 1.28 bits per heavy atom. The first-order valence-electron chi connectivity index (χ1n) is 9.16. The van der Waals surface area contributed by atoms with E-state index >= 15 is 0 Å². The molecule has 2 aromatic rings. The van der Waals surface area contributed by atoms with Crippen molar-refractivity contribution >= 4 is 22.9 Å². The summed E-state index contributed by atoms with van der Waals surface area (Å²) in [4.78, 5) is 27.5. The second-order valence-electron chi connectivity index (χ2n) is 7.59. The van der Waals surface area contributed by atoms with E-state index in [1.807, 2.05) is 17.6 Å². The molecule has 2 amide bonds. The molecule has 1 atom stereocenters. The van der Waals surface area contributed by atoms with Crippen LogP contribution in [0.5, 0.6) is 0 Å². The van der Waals surface area contributed by atoms with Gasteiger partial charge in [-0.2, -0.15) is 0 Å². The Morgan fingerprint density at radius 2 is 2.00 bits per heavy atom. The molecule has 25 heavy (non-hydrogen) atoms. The minimum absolute atomic E-state index is 0.0637. The Morgan fingerprint density at radius 3 is 2.72 bits per heavy atom. The zero-order chi connectivity index (χ0) is 17.6. The van der Waals surface area contributed by atoms with Crippen LogP contribution in [-0.2, 0) is 11.3 Å². The highest BCUT2D eigenvalue weighted by Gasteiger charge is 2.46. The third-order valence-electron chi connectivity index (χ3n) is 5.93. The number of aromatic nitrogens is 1. The number of likely N-dealkylation sites (N-methyl/N-ethyl adjacent to an activating group) is 1. The molecule has 6 nitrogen and oxygen atoms in total. The lowest BCUT2D eigenvalue weighted by molar-refractivity contribution is -0.132. The highest BCUT2D eigenvalue weighted by molar-refractivity contribution is 6.02. The lowest BCUT2D eigenvalue weighted by Crippen LogP contribution is -2.63. The van der Waals surface area contributed by atoms with Crippen molar-refractivity contribution in [3.05, 3.63) is 24.1 Å². The van der Waals surface area contributed by atoms with Crippen molar-refractivity contribution < 1.29 is 14.0 Å². The lowest BCUT2D eigenvalue weighted by atomic mass is 9.94. The molecule has 6 heteroatoms. The van der Waals surface area contributed by atoms with Gasteiger partial charge in [-0.15, -0.1) is 0 Å². The third-order valence-corrected chi connectivity index (χ3v) is 5.93. The van der Waals surface area contributed by atoms with Gasteiger partial charge in [-0.25, -0.2) is 0 Å². The van der Waals surface area contributed by atoms with E-state index < -0.39 is 5.54 Å². The van der Waals surface area contributed by atoms with Gasteiger partial charge in [0.15, 0.2) is 5.58 Å². The van der Waals surface area contributed by atoms with Crippen molar-refractivity contribution in [2.45, 2.75) is 63.6 Å². The topological polar surface area (TPSA) is 67.5 Å². The van der Waals surface area contributed by atoms with Crippen LogP contribution in [0.4, 0.5) is 0 Å². The van der Waals surface area contributed by atoms with Crippen LogP contribution in [0.25, 0.3) is 11.1 Å². The molecule has 1 aliphatic heterocycles. The smallest absolute Gasteiger partial charge is 0.271 e. The minimum atomic E-state index is -0.903. The number of fused-ring (bicyclic) bond motifs is 3. The molecule has 4 rings (SSSR count). The zero-order valence-corrected chi connectivity index (χ0v) is 14.9. The van der Waals surface area contributed by atoms with E-state index in [0.717, 1.165) is 31.2 Å². The van der Waals surface area contributed by atoms with Crippen LogP contribution < -0.4 is 5.32 Å². The quantitative estimate of drug-likeness (QED) is 0.853. The van der Waals surface area contributed by atoms with Crippen LogP contribution in [0.3, 0.4) is 0 Å². The van der Waals surface area contributed by atoms with Crippen LogP contribution >= 0.6 is 0 Å². The van der Waals surface area contributed by atoms with Gasteiger partial charge in [-0.3, -0.25) is 9.59 Å². The maximum atomic E-state index is 13.1. The van der Waals surface area contributed by atoms with Crippen molar-refractivity contribution in [1.29, 1.82) is 0 Å². The van der Waals surface area contributed by atoms with Crippen molar-refractivity contribution in [2.24, 2.45) is 0 Å². The van der Waals surface area contributed by atoms with Crippen molar-refractivity contribution in [2.75, 3.05) is 7.05 Å². The maximum Gasteiger partial charge on any atom is 0.271 e. The number of nitrogens with one attached hydrogen (secondary N) is 1. The first-order chi connectivity index (χ1) is 12.0. The summed E-state index contributed by atoms with van der Waals surface area (Å²) in [7, 11) is 1.72. The van der Waals surface area contributed by atoms with Gasteiger partial charge in [0.2, 0.25) is 5.91 Å². The van der Waals surface area contributed by atoms with Gasteiger partial charge in [0.25, 0.3) is 5.91 Å². The van der Waals surface area contributed by atoms with Gasteiger partial charge >= 0.3 is 0 Å². The van der Waals surface area contributed by atoms with Gasteiger partial charge < -0.3 is 19.2 Å². The molecule has 2 aromatic heterocycles. The van der Waals surface area contributed by atoms with Gasteiger partial charge in [-0.05, 0) is 19.8 Å². The van der Waals surface area contributed by atoms with Crippen LogP contribution in [0, 0.1) is 0 Å². The highest BCUT2D eigenvalue weighted by Crippen LogP contribution is 2.32. The molecule has 1 fully saturated rings. The summed E-state index contributed by atoms with van der Waals surface area (Å²) in [5, 5.41) is 3.22. The number of hydrogen-bond acceptors (Lipinski definition) is 3. The summed E-state index contributed by atoms with van der Waals surface area (Å²) in [5.74, 6) is -0.206. The zero-order valence-electron chi connectivity index (χ0n) is 14.9. The second kappa shape index (κ2) is 5.93. The minimum Gasteiger partial charge on any atom is -0.463 e. The van der Waals surface area contributed by atoms with Crippen LogP contribution in [-0.4, -0.2) is 39.9 Å². The normalized spacial score (nSPS) is 25.0. The van der Waals surface area contributed by atoms with E-state index in [9.17, 15) is 9.59 Å². The lowest BCUT2D eigenvalue weighted by Gasteiger charge is -2.42. The van der Waals surface area contributed by atoms with Crippen LogP contribution in [0.1, 0.15) is 55.9 Å². The maximum absolute atomic E-state index is 13.1. The molecule has 134 valence electrons. The Hall–Kier alpha value is -2.24. The average molecular weight is 343 g/mol. The second-order valence-corrected chi connectivity index (χ2v) is 7.59. The fourth-order valence-corrected chi connectivity index (χ4v) is 4.12. The number of amides is 2. The Labute approximate surface area is 147 Å². The summed E-state index contributed by atoms with van der Waals surface area (Å²) in [5.41, 5.74) is 1.23. The Bertz CT molecular complexity index is 813. The predicted molar refractivity (Wildman–Crippen MR) is 94.3 cm³/mol. The number of hydrogen-bond donors (Lipinski definition) is 1. The van der Waals surface area contributed by atoms with Gasteiger partial charge in [0.1, 0.15) is 11.2 Å². The van der Waals surface area contributed by atoms with Gasteiger partial charge in [-0.1, -0.05) is 25.7 Å². The van der Waals surface area contributed by atoms with Gasteiger partial charge in [0, 0.05) is 25.2 Å². The molecule has 1 saturated carbocycles. The molecule has 1 aliphatic carbocycles. The fraction of sp³-hybridized carbons (Fsp3) is 0.579. The molecule has 1 unspecified atom stereocenters. The summed E-state index contributed by atoms with van der Waals surface area (Å²) in [6, 6.07) is 3.83. The number of furan rings is 1. The highest BCUT2D eigenvalue weighted by atomic mass is 16.3. The summed E-state index contributed by atoms with van der Waals surface area (Å²) >= 11 is 0. The molecule has 0 saturated heterocycles. The van der Waals surface area contributed by atoms with Crippen molar-refractivity contribution in [3.63, 3.8) is 0 Å². The number of nitrogens with zero attached hydrogens (tertiary/aromatic N) is 2. The summed E-state index contributed by atoms with van der Waals surface area (Å²) in [6.07, 6.45) is 8.48. The molecule has 0 aromatic carbocycles. The van der Waals surface area contributed by atoms with E-state index in [0.29, 0.717) is 17.8 Å². The van der Waals surface area contributed by atoms with Crippen molar-refractivity contribution in [1.82, 2.24) is 14.8 Å². The van der Waals surface area contributed by atoms with E-state index in [4.69, 9.17) is 4.42 Å². The van der Waals surface area contributed by atoms with E-state index in [2.05, 4.69) is 5.32 Å². The predicted octanol–water partition coefficient (Wildman–Crippen LogP) is 2.92. The molecule has 0 bridgehead atoms. The number of rotatable bonds is 2. The summed E-state index contributed by atoms with van der Waals surface area (Å²) in [6.45, 7) is 2.29. The first kappa shape index (κ1) is 16.2. The van der Waals surface area contributed by atoms with E-state index in [1.165, 1.54) is 12.8 Å². The molecule has 2 aliphatic rings. The number of carbonyl (C=O) groups excluding carboxylic acids is 2. The van der Waals surface area contributed by atoms with Gasteiger partial charge in [0.05, 0.1) is 18.3 Å². The molecular weight excluding hydrogens is 318 g/mol. The number of carbonyl (C=O) groups is 2. The summed E-state index contributed by atoms with van der Waals surface area (Å²) < 4.78 is 7.34. The average Bonchev–Trinajstić information content (AvgIpc) is 3.08. The molecule has 0 radical (unpaired) electrons. The third kappa shape index (κ3) is 2.55. The Balaban J connectivity index is 1.62.